The van der Waals surface area contributed by atoms with Crippen LogP contribution in [0.3, 0.4) is 0 Å². The lowest BCUT2D eigenvalue weighted by molar-refractivity contribution is -0.228. The Labute approximate surface area is 122 Å². The van der Waals surface area contributed by atoms with Gasteiger partial charge in [0.2, 0.25) is 5.60 Å². The second-order valence-corrected chi connectivity index (χ2v) is 4.79. The summed E-state index contributed by atoms with van der Waals surface area (Å²) in [7, 11) is 0. The summed E-state index contributed by atoms with van der Waals surface area (Å²) in [5.41, 5.74) is -2.94. The maximum absolute atomic E-state index is 14.3. The molecule has 1 saturated heterocycles. The van der Waals surface area contributed by atoms with Crippen LogP contribution in [0.4, 0.5) is 22.0 Å². The number of para-hydroxylation sites is 1. The molecule has 0 aliphatic carbocycles. The third-order valence-corrected chi connectivity index (χ3v) is 3.34. The van der Waals surface area contributed by atoms with Crippen LogP contribution in [-0.4, -0.2) is 12.7 Å². The van der Waals surface area contributed by atoms with Crippen molar-refractivity contribution in [2.75, 3.05) is 6.61 Å². The summed E-state index contributed by atoms with van der Waals surface area (Å²) in [6.07, 6.45) is -4.03. The van der Waals surface area contributed by atoms with Crippen LogP contribution in [-0.2, 0) is 10.3 Å². The van der Waals surface area contributed by atoms with E-state index < -0.39 is 47.1 Å². The molecule has 1 aliphatic heterocycles. The molecule has 0 saturated carbocycles. The van der Waals surface area contributed by atoms with Gasteiger partial charge in [-0.25, -0.2) is 13.2 Å². The first-order valence-corrected chi connectivity index (χ1v) is 6.26. The van der Waals surface area contributed by atoms with Crippen LogP contribution in [0, 0.1) is 17.5 Å². The monoisotopic (exact) mass is 316 g/mol. The SMILES string of the molecule is Fc1ccc(C2(C(F)(F)Oc3ccccc3F)CO2)c(F)c1. The van der Waals surface area contributed by atoms with E-state index in [0.29, 0.717) is 6.07 Å². The first-order valence-electron chi connectivity index (χ1n) is 6.26. The Bertz CT molecular complexity index is 713. The molecule has 1 aliphatic rings. The molecular weight excluding hydrogens is 307 g/mol. The van der Waals surface area contributed by atoms with E-state index in [9.17, 15) is 22.0 Å². The molecule has 0 spiro atoms. The van der Waals surface area contributed by atoms with Gasteiger partial charge in [-0.1, -0.05) is 12.1 Å². The van der Waals surface area contributed by atoms with E-state index in [4.69, 9.17) is 4.74 Å². The van der Waals surface area contributed by atoms with Crippen molar-refractivity contribution in [3.8, 4) is 5.75 Å². The Morgan fingerprint density at radius 1 is 1.00 bits per heavy atom. The lowest BCUT2D eigenvalue weighted by Gasteiger charge is -2.25. The van der Waals surface area contributed by atoms with E-state index >= 15 is 0 Å². The fraction of sp³-hybridized carbons (Fsp3) is 0.200. The van der Waals surface area contributed by atoms with Crippen LogP contribution >= 0.6 is 0 Å². The van der Waals surface area contributed by atoms with E-state index in [1.54, 1.807) is 0 Å². The summed E-state index contributed by atoms with van der Waals surface area (Å²) in [6.45, 7) is -0.531. The average molecular weight is 316 g/mol. The molecule has 3 rings (SSSR count). The summed E-state index contributed by atoms with van der Waals surface area (Å²) >= 11 is 0. The molecule has 116 valence electrons. The van der Waals surface area contributed by atoms with E-state index in [1.807, 2.05) is 0 Å². The Balaban J connectivity index is 1.96. The second-order valence-electron chi connectivity index (χ2n) is 4.79. The fourth-order valence-electron chi connectivity index (χ4n) is 2.12. The quantitative estimate of drug-likeness (QED) is 0.628. The van der Waals surface area contributed by atoms with E-state index in [2.05, 4.69) is 4.74 Å². The number of alkyl halides is 2. The number of benzene rings is 2. The summed E-state index contributed by atoms with van der Waals surface area (Å²) in [5.74, 6) is -3.77. The lowest BCUT2D eigenvalue weighted by Crippen LogP contribution is -2.41. The van der Waals surface area contributed by atoms with Crippen molar-refractivity contribution in [3.05, 3.63) is 65.5 Å². The number of epoxide rings is 1. The van der Waals surface area contributed by atoms with Crippen molar-refractivity contribution in [2.45, 2.75) is 11.7 Å². The van der Waals surface area contributed by atoms with Crippen molar-refractivity contribution in [3.63, 3.8) is 0 Å². The van der Waals surface area contributed by atoms with Gasteiger partial charge in [-0.2, -0.15) is 8.78 Å². The maximum Gasteiger partial charge on any atom is 0.434 e. The predicted molar refractivity (Wildman–Crippen MR) is 66.0 cm³/mol. The Morgan fingerprint density at radius 2 is 1.68 bits per heavy atom. The highest BCUT2D eigenvalue weighted by molar-refractivity contribution is 5.33. The largest absolute Gasteiger partial charge is 0.434 e. The molecule has 22 heavy (non-hydrogen) atoms. The third kappa shape index (κ3) is 2.31. The minimum atomic E-state index is -4.03. The topological polar surface area (TPSA) is 21.8 Å². The van der Waals surface area contributed by atoms with Gasteiger partial charge in [-0.05, 0) is 24.3 Å². The highest BCUT2D eigenvalue weighted by Gasteiger charge is 2.69. The van der Waals surface area contributed by atoms with Crippen LogP contribution in [0.2, 0.25) is 0 Å². The predicted octanol–water partition coefficient (Wildman–Crippen LogP) is 4.00. The van der Waals surface area contributed by atoms with Crippen LogP contribution in [0.25, 0.3) is 0 Å². The number of ether oxygens (including phenoxy) is 2. The molecule has 2 nitrogen and oxygen atoms in total. The molecule has 2 aromatic carbocycles. The molecule has 0 N–H and O–H groups in total. The van der Waals surface area contributed by atoms with E-state index in [1.165, 1.54) is 12.1 Å². The summed E-state index contributed by atoms with van der Waals surface area (Å²) in [6, 6.07) is 6.75. The van der Waals surface area contributed by atoms with Gasteiger partial charge in [0, 0.05) is 11.6 Å². The van der Waals surface area contributed by atoms with Crippen LogP contribution in [0.1, 0.15) is 5.56 Å². The lowest BCUT2D eigenvalue weighted by atomic mass is 9.98. The Morgan fingerprint density at radius 3 is 2.27 bits per heavy atom. The number of halogens is 5. The van der Waals surface area contributed by atoms with Crippen LogP contribution in [0.15, 0.2) is 42.5 Å². The molecule has 1 fully saturated rings. The molecular formula is C15H9F5O2. The van der Waals surface area contributed by atoms with E-state index in [0.717, 1.165) is 24.3 Å². The molecule has 0 radical (unpaired) electrons. The van der Waals surface area contributed by atoms with Gasteiger partial charge in [0.1, 0.15) is 11.6 Å². The first kappa shape index (κ1) is 14.8. The van der Waals surface area contributed by atoms with Crippen LogP contribution < -0.4 is 4.74 Å². The van der Waals surface area contributed by atoms with Crippen molar-refractivity contribution in [1.82, 2.24) is 0 Å². The standard InChI is InChI=1S/C15H9F5O2/c16-9-5-6-10(12(18)7-9)14(8-21-14)15(19,20)22-13-4-2-1-3-11(13)17/h1-7H,8H2. The smallest absolute Gasteiger partial charge is 0.427 e. The molecule has 1 unspecified atom stereocenters. The van der Waals surface area contributed by atoms with Gasteiger partial charge in [-0.3, -0.25) is 0 Å². The second kappa shape index (κ2) is 4.95. The zero-order chi connectivity index (χ0) is 16.0. The Kier molecular flexibility index (Phi) is 3.32. The highest BCUT2D eigenvalue weighted by atomic mass is 19.3. The van der Waals surface area contributed by atoms with Crippen LogP contribution in [0.5, 0.6) is 5.75 Å². The van der Waals surface area contributed by atoms with Gasteiger partial charge in [0.25, 0.3) is 0 Å². The van der Waals surface area contributed by atoms with Gasteiger partial charge >= 0.3 is 6.11 Å². The third-order valence-electron chi connectivity index (χ3n) is 3.34. The first-order chi connectivity index (χ1) is 10.4. The molecule has 2 aromatic rings. The van der Waals surface area contributed by atoms with Gasteiger partial charge in [0.05, 0.1) is 6.61 Å². The minimum absolute atomic E-state index is 0.470. The van der Waals surface area contributed by atoms with Crippen molar-refractivity contribution < 1.29 is 31.4 Å². The van der Waals surface area contributed by atoms with Crippen molar-refractivity contribution >= 4 is 0 Å². The average Bonchev–Trinajstić information content (AvgIpc) is 3.23. The van der Waals surface area contributed by atoms with E-state index in [-0.39, 0.29) is 0 Å². The van der Waals surface area contributed by atoms with Gasteiger partial charge in [0.15, 0.2) is 11.6 Å². The number of rotatable bonds is 4. The summed E-state index contributed by atoms with van der Waals surface area (Å²) < 4.78 is 77.9. The molecule has 1 atom stereocenters. The normalized spacial score (nSPS) is 20.8. The maximum atomic E-state index is 14.3. The zero-order valence-electron chi connectivity index (χ0n) is 11.0. The van der Waals surface area contributed by atoms with Gasteiger partial charge in [-0.15, -0.1) is 0 Å². The highest BCUT2D eigenvalue weighted by Crippen LogP contribution is 2.52. The molecule has 1 heterocycles. The van der Waals surface area contributed by atoms with Crippen molar-refractivity contribution in [1.29, 1.82) is 0 Å². The Hall–Kier alpha value is -2.15. The minimum Gasteiger partial charge on any atom is -0.427 e. The molecule has 0 bridgehead atoms. The molecule has 0 amide bonds. The van der Waals surface area contributed by atoms with Crippen molar-refractivity contribution in [2.24, 2.45) is 0 Å². The zero-order valence-corrected chi connectivity index (χ0v) is 11.0. The van der Waals surface area contributed by atoms with Gasteiger partial charge < -0.3 is 9.47 Å². The molecule has 0 aromatic heterocycles. The fourth-order valence-corrected chi connectivity index (χ4v) is 2.12. The number of hydrogen-bond acceptors (Lipinski definition) is 2. The number of hydrogen-bond donors (Lipinski definition) is 0. The summed E-state index contributed by atoms with van der Waals surface area (Å²) in [4.78, 5) is 0. The molecule has 7 heteroatoms. The summed E-state index contributed by atoms with van der Waals surface area (Å²) in [5, 5.41) is 0.